The number of anilines is 2. The maximum Gasteiger partial charge on any atom is 0.236 e. The van der Waals surface area contributed by atoms with Gasteiger partial charge in [0.2, 0.25) is 16.9 Å². The van der Waals surface area contributed by atoms with Crippen molar-refractivity contribution in [1.82, 2.24) is 10.2 Å². The van der Waals surface area contributed by atoms with Gasteiger partial charge in [-0.3, -0.25) is 14.9 Å². The van der Waals surface area contributed by atoms with Gasteiger partial charge in [-0.2, -0.15) is 0 Å². The first-order chi connectivity index (χ1) is 15.0. The normalized spacial score (nSPS) is 16.0. The summed E-state index contributed by atoms with van der Waals surface area (Å²) in [5, 5.41) is 11.9. The van der Waals surface area contributed by atoms with Gasteiger partial charge in [0.25, 0.3) is 0 Å². The number of thioether (sulfide) groups is 1. The number of rotatable bonds is 7. The third-order valence-corrected chi connectivity index (χ3v) is 6.72. The topological polar surface area (TPSA) is 75.2 Å². The van der Waals surface area contributed by atoms with E-state index in [2.05, 4.69) is 15.5 Å². The fraction of sp³-hybridized carbons (Fsp3) is 0.238. The molecule has 1 aliphatic heterocycles. The maximum absolute atomic E-state index is 13.1. The summed E-state index contributed by atoms with van der Waals surface area (Å²) in [7, 11) is 0. The van der Waals surface area contributed by atoms with E-state index in [4.69, 9.17) is 0 Å². The van der Waals surface area contributed by atoms with Gasteiger partial charge in [-0.15, -0.1) is 22.0 Å². The Balaban J connectivity index is 1.29. The van der Waals surface area contributed by atoms with Gasteiger partial charge in [0, 0.05) is 30.3 Å². The van der Waals surface area contributed by atoms with Crippen LogP contribution in [0.1, 0.15) is 22.9 Å². The highest BCUT2D eigenvalue weighted by molar-refractivity contribution is 7.99. The molecule has 1 unspecified atom stereocenters. The van der Waals surface area contributed by atoms with Gasteiger partial charge in [-0.25, -0.2) is 8.78 Å². The fourth-order valence-electron chi connectivity index (χ4n) is 3.19. The van der Waals surface area contributed by atoms with Crippen LogP contribution < -0.4 is 10.2 Å². The Hall–Kier alpha value is -2.85. The van der Waals surface area contributed by atoms with Crippen molar-refractivity contribution >= 4 is 45.7 Å². The molecule has 1 aromatic heterocycles. The molecule has 4 rings (SSSR count). The number of amides is 2. The van der Waals surface area contributed by atoms with Crippen LogP contribution in [0.15, 0.2) is 48.5 Å². The van der Waals surface area contributed by atoms with Gasteiger partial charge >= 0.3 is 0 Å². The van der Waals surface area contributed by atoms with Gasteiger partial charge in [-0.05, 0) is 42.0 Å². The molecule has 0 spiro atoms. The average molecular weight is 461 g/mol. The first-order valence-corrected chi connectivity index (χ1v) is 11.5. The molecule has 10 heteroatoms. The Morgan fingerprint density at radius 2 is 1.77 bits per heavy atom. The van der Waals surface area contributed by atoms with Crippen LogP contribution in [0.4, 0.5) is 19.6 Å². The number of hydrogen-bond acceptors (Lipinski definition) is 6. The van der Waals surface area contributed by atoms with Crippen LogP contribution in [0.5, 0.6) is 0 Å². The number of benzene rings is 2. The van der Waals surface area contributed by atoms with Crippen LogP contribution in [0.3, 0.4) is 0 Å². The molecule has 0 radical (unpaired) electrons. The first kappa shape index (κ1) is 21.4. The number of nitrogens with one attached hydrogen (secondary N) is 1. The zero-order chi connectivity index (χ0) is 21.8. The zero-order valence-corrected chi connectivity index (χ0v) is 17.9. The average Bonchev–Trinajstić information content (AvgIpc) is 3.37. The summed E-state index contributed by atoms with van der Waals surface area (Å²) in [6.07, 6.45) is 0.285. The number of aromatic nitrogens is 2. The lowest BCUT2D eigenvalue weighted by Crippen LogP contribution is -2.24. The minimum absolute atomic E-state index is 0.0606. The molecule has 1 N–H and O–H groups in total. The highest BCUT2D eigenvalue weighted by Crippen LogP contribution is 2.34. The number of halogens is 2. The Labute approximate surface area is 185 Å². The van der Waals surface area contributed by atoms with Gasteiger partial charge in [-0.1, -0.05) is 23.5 Å². The van der Waals surface area contributed by atoms with E-state index in [1.165, 1.54) is 47.4 Å². The summed E-state index contributed by atoms with van der Waals surface area (Å²) >= 11 is 2.66. The van der Waals surface area contributed by atoms with Crippen molar-refractivity contribution in [3.63, 3.8) is 0 Å². The van der Waals surface area contributed by atoms with Crippen LogP contribution in [0.25, 0.3) is 0 Å². The first-order valence-electron chi connectivity index (χ1n) is 9.49. The lowest BCUT2D eigenvalue weighted by Gasteiger charge is -2.16. The minimum Gasteiger partial charge on any atom is -0.312 e. The maximum atomic E-state index is 13.1. The van der Waals surface area contributed by atoms with E-state index in [9.17, 15) is 18.4 Å². The molecule has 2 aromatic carbocycles. The summed E-state index contributed by atoms with van der Waals surface area (Å²) < 4.78 is 26.0. The summed E-state index contributed by atoms with van der Waals surface area (Å²) in [5.41, 5.74) is 1.58. The van der Waals surface area contributed by atoms with Crippen LogP contribution >= 0.6 is 23.1 Å². The van der Waals surface area contributed by atoms with Crippen LogP contribution in [-0.4, -0.2) is 34.3 Å². The van der Waals surface area contributed by atoms with E-state index in [0.29, 0.717) is 28.1 Å². The van der Waals surface area contributed by atoms with E-state index < -0.39 is 0 Å². The van der Waals surface area contributed by atoms with Crippen molar-refractivity contribution in [3.8, 4) is 0 Å². The quantitative estimate of drug-likeness (QED) is 0.572. The van der Waals surface area contributed by atoms with Crippen molar-refractivity contribution in [1.29, 1.82) is 0 Å². The van der Waals surface area contributed by atoms with Crippen LogP contribution in [0, 0.1) is 11.6 Å². The molecule has 3 aromatic rings. The lowest BCUT2D eigenvalue weighted by molar-refractivity contribution is -0.117. The molecule has 31 heavy (non-hydrogen) atoms. The Bertz CT molecular complexity index is 1070. The monoisotopic (exact) mass is 460 g/mol. The molecular weight excluding hydrogens is 442 g/mol. The molecule has 160 valence electrons. The lowest BCUT2D eigenvalue weighted by atomic mass is 10.1. The Kier molecular flexibility index (Phi) is 6.57. The van der Waals surface area contributed by atoms with Gasteiger partial charge in [0.1, 0.15) is 16.6 Å². The van der Waals surface area contributed by atoms with Gasteiger partial charge in [0.15, 0.2) is 0 Å². The molecule has 0 bridgehead atoms. The van der Waals surface area contributed by atoms with Crippen LogP contribution in [0.2, 0.25) is 0 Å². The van der Waals surface area contributed by atoms with Crippen molar-refractivity contribution in [3.05, 3.63) is 70.7 Å². The second-order valence-corrected chi connectivity index (χ2v) is 8.99. The standard InChI is InChI=1S/C21H18F2N4O2S2/c22-15-3-1-13(2-4-15)11-30-12-18(28)24-21-26-25-20(31-21)14-9-19(29)27(10-14)17-7-5-16(23)6-8-17/h1-8,14H,9-12H2,(H,24,26,28). The molecule has 1 atom stereocenters. The zero-order valence-electron chi connectivity index (χ0n) is 16.3. The van der Waals surface area contributed by atoms with Gasteiger partial charge < -0.3 is 4.90 Å². The summed E-state index contributed by atoms with van der Waals surface area (Å²) in [5.74, 6) is -0.214. The molecule has 0 aliphatic carbocycles. The molecular formula is C21H18F2N4O2S2. The highest BCUT2D eigenvalue weighted by atomic mass is 32.2. The number of nitrogens with zero attached hydrogens (tertiary/aromatic N) is 3. The second-order valence-electron chi connectivity index (χ2n) is 6.99. The van der Waals surface area contributed by atoms with Crippen molar-refractivity contribution in [2.75, 3.05) is 22.5 Å². The number of hydrogen-bond donors (Lipinski definition) is 1. The molecule has 1 aliphatic rings. The predicted molar refractivity (Wildman–Crippen MR) is 117 cm³/mol. The third kappa shape index (κ3) is 5.45. The molecule has 6 nitrogen and oxygen atoms in total. The van der Waals surface area contributed by atoms with Crippen molar-refractivity contribution in [2.24, 2.45) is 0 Å². The third-order valence-electron chi connectivity index (χ3n) is 4.71. The molecule has 0 saturated carbocycles. The predicted octanol–water partition coefficient (Wildman–Crippen LogP) is 4.21. The summed E-state index contributed by atoms with van der Waals surface area (Å²) in [6, 6.07) is 12.0. The van der Waals surface area contributed by atoms with E-state index in [1.54, 1.807) is 29.2 Å². The van der Waals surface area contributed by atoms with E-state index in [-0.39, 0.29) is 41.5 Å². The van der Waals surface area contributed by atoms with E-state index in [1.807, 2.05) is 0 Å². The Morgan fingerprint density at radius 1 is 1.10 bits per heavy atom. The Morgan fingerprint density at radius 3 is 2.48 bits per heavy atom. The number of carbonyl (C=O) groups is 2. The molecule has 2 heterocycles. The molecule has 1 saturated heterocycles. The highest BCUT2D eigenvalue weighted by Gasteiger charge is 2.34. The summed E-state index contributed by atoms with van der Waals surface area (Å²) in [6.45, 7) is 0.431. The van der Waals surface area contributed by atoms with Crippen molar-refractivity contribution in [2.45, 2.75) is 18.1 Å². The molecule has 2 amide bonds. The fourth-order valence-corrected chi connectivity index (χ4v) is 4.83. The largest absolute Gasteiger partial charge is 0.312 e. The summed E-state index contributed by atoms with van der Waals surface area (Å²) in [4.78, 5) is 26.1. The minimum atomic E-state index is -0.354. The molecule has 1 fully saturated rings. The van der Waals surface area contributed by atoms with Crippen molar-refractivity contribution < 1.29 is 18.4 Å². The van der Waals surface area contributed by atoms with E-state index in [0.717, 1.165) is 5.56 Å². The van der Waals surface area contributed by atoms with Crippen LogP contribution in [-0.2, 0) is 15.3 Å². The SMILES string of the molecule is O=C(CSCc1ccc(F)cc1)Nc1nnc(C2CC(=O)N(c3ccc(F)cc3)C2)s1. The second kappa shape index (κ2) is 9.52. The smallest absolute Gasteiger partial charge is 0.236 e. The number of carbonyl (C=O) groups excluding carboxylic acids is 2. The van der Waals surface area contributed by atoms with E-state index >= 15 is 0 Å². The van der Waals surface area contributed by atoms with Gasteiger partial charge in [0.05, 0.1) is 5.75 Å².